The van der Waals surface area contributed by atoms with Crippen LogP contribution in [0.2, 0.25) is 5.02 Å². The maximum Gasteiger partial charge on any atom is 0.257 e. The molecule has 0 unspecified atom stereocenters. The lowest BCUT2D eigenvalue weighted by molar-refractivity contribution is 0.102. The number of halogens is 1. The molecule has 1 aromatic heterocycles. The quantitative estimate of drug-likeness (QED) is 0.614. The standard InChI is InChI=1S/C22H23ClN2O4/c1-13-10-17(14(2)25(13)15-6-8-16(27-3)9-7-15)22(26)24-19-11-18(23)20(28-4)12-21(19)29-5/h6-12H,1-5H3,(H,24,26). The predicted molar refractivity (Wildman–Crippen MR) is 114 cm³/mol. The van der Waals surface area contributed by atoms with Crippen molar-refractivity contribution in [2.75, 3.05) is 26.6 Å². The topological polar surface area (TPSA) is 61.7 Å². The second-order valence-electron chi connectivity index (χ2n) is 6.46. The molecule has 0 aliphatic carbocycles. The van der Waals surface area contributed by atoms with Crippen LogP contribution in [-0.2, 0) is 0 Å². The van der Waals surface area contributed by atoms with Gasteiger partial charge in [0.25, 0.3) is 5.91 Å². The Morgan fingerprint density at radius 1 is 0.931 bits per heavy atom. The largest absolute Gasteiger partial charge is 0.497 e. The number of anilines is 1. The number of aromatic nitrogens is 1. The highest BCUT2D eigenvalue weighted by atomic mass is 35.5. The summed E-state index contributed by atoms with van der Waals surface area (Å²) in [5.41, 5.74) is 3.75. The van der Waals surface area contributed by atoms with Crippen LogP contribution >= 0.6 is 11.6 Å². The van der Waals surface area contributed by atoms with Crippen molar-refractivity contribution in [3.63, 3.8) is 0 Å². The van der Waals surface area contributed by atoms with Crippen molar-refractivity contribution in [2.24, 2.45) is 0 Å². The van der Waals surface area contributed by atoms with Gasteiger partial charge in [-0.15, -0.1) is 0 Å². The van der Waals surface area contributed by atoms with Gasteiger partial charge >= 0.3 is 0 Å². The molecule has 0 fully saturated rings. The molecule has 3 aromatic rings. The van der Waals surface area contributed by atoms with Crippen molar-refractivity contribution in [3.05, 3.63) is 64.4 Å². The second kappa shape index (κ2) is 8.49. The Morgan fingerprint density at radius 2 is 1.59 bits per heavy atom. The van der Waals surface area contributed by atoms with Crippen LogP contribution in [0.5, 0.6) is 17.2 Å². The Balaban J connectivity index is 1.94. The van der Waals surface area contributed by atoms with Gasteiger partial charge in [0, 0.05) is 23.1 Å². The molecule has 0 aliphatic heterocycles. The molecule has 0 bridgehead atoms. The lowest BCUT2D eigenvalue weighted by Crippen LogP contribution is -2.14. The number of amides is 1. The van der Waals surface area contributed by atoms with Gasteiger partial charge in [-0.3, -0.25) is 4.79 Å². The molecule has 1 N–H and O–H groups in total. The maximum atomic E-state index is 13.0. The second-order valence-corrected chi connectivity index (χ2v) is 6.87. The average Bonchev–Trinajstić information content (AvgIpc) is 3.02. The molecular weight excluding hydrogens is 392 g/mol. The highest BCUT2D eigenvalue weighted by molar-refractivity contribution is 6.32. The molecule has 1 heterocycles. The van der Waals surface area contributed by atoms with Gasteiger partial charge in [0.15, 0.2) is 0 Å². The number of hydrogen-bond acceptors (Lipinski definition) is 4. The van der Waals surface area contributed by atoms with Gasteiger partial charge in [0.2, 0.25) is 0 Å². The first-order chi connectivity index (χ1) is 13.9. The fourth-order valence-corrected chi connectivity index (χ4v) is 3.51. The fourth-order valence-electron chi connectivity index (χ4n) is 3.27. The summed E-state index contributed by atoms with van der Waals surface area (Å²) in [5.74, 6) is 1.46. The molecule has 0 saturated heterocycles. The number of carbonyl (C=O) groups is 1. The van der Waals surface area contributed by atoms with Crippen LogP contribution in [0.3, 0.4) is 0 Å². The van der Waals surface area contributed by atoms with Crippen molar-refractivity contribution >= 4 is 23.2 Å². The van der Waals surface area contributed by atoms with Crippen molar-refractivity contribution in [1.29, 1.82) is 0 Å². The van der Waals surface area contributed by atoms with E-state index in [0.717, 1.165) is 22.8 Å². The molecule has 0 atom stereocenters. The minimum Gasteiger partial charge on any atom is -0.497 e. The highest BCUT2D eigenvalue weighted by Gasteiger charge is 2.19. The molecule has 7 heteroatoms. The van der Waals surface area contributed by atoms with E-state index in [-0.39, 0.29) is 5.91 Å². The van der Waals surface area contributed by atoms with Gasteiger partial charge in [-0.2, -0.15) is 0 Å². The number of hydrogen-bond donors (Lipinski definition) is 1. The maximum absolute atomic E-state index is 13.0. The lowest BCUT2D eigenvalue weighted by atomic mass is 10.2. The number of ether oxygens (including phenoxy) is 3. The van der Waals surface area contributed by atoms with Crippen molar-refractivity contribution < 1.29 is 19.0 Å². The van der Waals surface area contributed by atoms with Crippen LogP contribution in [0.4, 0.5) is 5.69 Å². The summed E-state index contributed by atoms with van der Waals surface area (Å²) in [7, 11) is 4.67. The summed E-state index contributed by atoms with van der Waals surface area (Å²) in [6.07, 6.45) is 0. The van der Waals surface area contributed by atoms with Crippen LogP contribution in [0.25, 0.3) is 5.69 Å². The minimum atomic E-state index is -0.252. The number of rotatable bonds is 6. The summed E-state index contributed by atoms with van der Waals surface area (Å²) >= 11 is 6.21. The Kier molecular flexibility index (Phi) is 6.03. The number of nitrogens with one attached hydrogen (secondary N) is 1. The number of nitrogens with zero attached hydrogens (tertiary/aromatic N) is 1. The zero-order valence-electron chi connectivity index (χ0n) is 17.0. The molecule has 2 aromatic carbocycles. The Labute approximate surface area is 175 Å². The molecule has 152 valence electrons. The molecule has 0 saturated carbocycles. The van der Waals surface area contributed by atoms with Crippen molar-refractivity contribution in [3.8, 4) is 22.9 Å². The summed E-state index contributed by atoms with van der Waals surface area (Å²) < 4.78 is 17.8. The Bertz CT molecular complexity index is 1040. The lowest BCUT2D eigenvalue weighted by Gasteiger charge is -2.13. The smallest absolute Gasteiger partial charge is 0.257 e. The SMILES string of the molecule is COc1ccc(-n2c(C)cc(C(=O)Nc3cc(Cl)c(OC)cc3OC)c2C)cc1. The Morgan fingerprint density at radius 3 is 2.17 bits per heavy atom. The van der Waals surface area contributed by atoms with Crippen LogP contribution in [0.1, 0.15) is 21.7 Å². The first-order valence-corrected chi connectivity index (χ1v) is 9.33. The molecule has 29 heavy (non-hydrogen) atoms. The highest BCUT2D eigenvalue weighted by Crippen LogP contribution is 2.36. The third-order valence-electron chi connectivity index (χ3n) is 4.73. The van der Waals surface area contributed by atoms with Crippen molar-refractivity contribution in [1.82, 2.24) is 4.57 Å². The summed E-state index contributed by atoms with van der Waals surface area (Å²) in [4.78, 5) is 13.0. The number of benzene rings is 2. The van der Waals surface area contributed by atoms with Crippen LogP contribution in [-0.4, -0.2) is 31.8 Å². The molecule has 6 nitrogen and oxygen atoms in total. The molecule has 3 rings (SSSR count). The van der Waals surface area contributed by atoms with E-state index in [1.54, 1.807) is 19.2 Å². The van der Waals surface area contributed by atoms with Gasteiger partial charge in [-0.05, 0) is 50.2 Å². The minimum absolute atomic E-state index is 0.252. The summed E-state index contributed by atoms with van der Waals surface area (Å²) in [6, 6.07) is 12.8. The van der Waals surface area contributed by atoms with Gasteiger partial charge < -0.3 is 24.1 Å². The van der Waals surface area contributed by atoms with Crippen LogP contribution < -0.4 is 19.5 Å². The fraction of sp³-hybridized carbons (Fsp3) is 0.227. The third kappa shape index (κ3) is 4.03. The summed E-state index contributed by atoms with van der Waals surface area (Å²) in [5, 5.41) is 3.27. The predicted octanol–water partition coefficient (Wildman–Crippen LogP) is 5.03. The van der Waals surface area contributed by atoms with E-state index >= 15 is 0 Å². The number of methoxy groups -OCH3 is 3. The third-order valence-corrected chi connectivity index (χ3v) is 5.02. The first-order valence-electron chi connectivity index (χ1n) is 8.95. The van der Waals surface area contributed by atoms with E-state index in [2.05, 4.69) is 5.32 Å². The molecule has 0 spiro atoms. The van der Waals surface area contributed by atoms with E-state index in [0.29, 0.717) is 27.8 Å². The first kappa shape index (κ1) is 20.6. The number of carbonyl (C=O) groups excluding carboxylic acids is 1. The van der Waals surface area contributed by atoms with Gasteiger partial charge in [-0.1, -0.05) is 11.6 Å². The Hall–Kier alpha value is -3.12. The molecule has 1 amide bonds. The van der Waals surface area contributed by atoms with E-state index in [9.17, 15) is 4.79 Å². The zero-order chi connectivity index (χ0) is 21.1. The van der Waals surface area contributed by atoms with Crippen molar-refractivity contribution in [2.45, 2.75) is 13.8 Å². The monoisotopic (exact) mass is 414 g/mol. The molecule has 0 aliphatic rings. The van der Waals surface area contributed by atoms with Gasteiger partial charge in [0.05, 0.1) is 37.6 Å². The zero-order valence-corrected chi connectivity index (χ0v) is 17.8. The van der Waals surface area contributed by atoms with E-state index in [1.165, 1.54) is 14.2 Å². The van der Waals surface area contributed by atoms with Gasteiger partial charge in [0.1, 0.15) is 17.2 Å². The normalized spacial score (nSPS) is 10.6. The summed E-state index contributed by atoms with van der Waals surface area (Å²) in [6.45, 7) is 3.86. The van der Waals surface area contributed by atoms with E-state index in [1.807, 2.05) is 48.7 Å². The average molecular weight is 415 g/mol. The molecular formula is C22H23ClN2O4. The van der Waals surface area contributed by atoms with Gasteiger partial charge in [-0.25, -0.2) is 0 Å². The molecule has 0 radical (unpaired) electrons. The van der Waals surface area contributed by atoms with E-state index < -0.39 is 0 Å². The number of aryl methyl sites for hydroxylation is 1. The van der Waals surface area contributed by atoms with E-state index in [4.69, 9.17) is 25.8 Å². The van der Waals surface area contributed by atoms with Crippen LogP contribution in [0.15, 0.2) is 42.5 Å². The van der Waals surface area contributed by atoms with Crippen LogP contribution in [0, 0.1) is 13.8 Å².